The maximum absolute atomic E-state index is 13.2. The highest BCUT2D eigenvalue weighted by Gasteiger charge is 2.32. The second-order valence-electron chi connectivity index (χ2n) is 9.85. The Hall–Kier alpha value is -2.74. The highest BCUT2D eigenvalue weighted by atomic mass is 32.2. The van der Waals surface area contributed by atoms with Crippen LogP contribution >= 0.6 is 24.0 Å². The van der Waals surface area contributed by atoms with Gasteiger partial charge in [0.1, 0.15) is 10.1 Å². The minimum absolute atomic E-state index is 0.0250. The maximum Gasteiger partial charge on any atom is 0.266 e. The molecule has 3 aromatic rings. The number of thiocarbonyl (C=S) groups is 1. The van der Waals surface area contributed by atoms with Gasteiger partial charge in [0.05, 0.1) is 10.4 Å². The summed E-state index contributed by atoms with van der Waals surface area (Å²) in [5.41, 5.74) is 4.58. The number of methoxy groups -OCH3 is 1. The molecule has 0 N–H and O–H groups in total. The topological polar surface area (TPSA) is 45.7 Å². The average Bonchev–Trinajstić information content (AvgIpc) is 3.17. The molecule has 2 saturated heterocycles. The number of fused-ring (bicyclic) bond motifs is 1. The lowest BCUT2D eigenvalue weighted by molar-refractivity contribution is -0.122. The zero-order chi connectivity index (χ0) is 25.8. The van der Waals surface area contributed by atoms with Gasteiger partial charge < -0.3 is 9.64 Å². The molecule has 0 radical (unpaired) electrons. The third kappa shape index (κ3) is 5.89. The number of ether oxygens (including phenoxy) is 1. The molecule has 2 fully saturated rings. The lowest BCUT2D eigenvalue weighted by Crippen LogP contribution is -2.35. The van der Waals surface area contributed by atoms with Gasteiger partial charge in [-0.05, 0) is 61.8 Å². The minimum atomic E-state index is -0.0250. The van der Waals surface area contributed by atoms with Gasteiger partial charge in [-0.3, -0.25) is 9.69 Å². The molecule has 3 heterocycles. The van der Waals surface area contributed by atoms with E-state index in [1.165, 1.54) is 17.3 Å². The van der Waals surface area contributed by atoms with Gasteiger partial charge in [-0.25, -0.2) is 4.98 Å². The standard InChI is InChI=1S/C30H33N3O2S2/c1-21-8-6-11-24-19-25(20-26-29(34)33(30(36)37-26)14-7-17-35-2)28(31-27(21)24)32-15-12-23(13-16-32)18-22-9-4-3-5-10-22/h3-6,8-11,19-20,23H,7,12-18H2,1-2H3/b26-20-. The van der Waals surface area contributed by atoms with Crippen molar-refractivity contribution in [2.24, 2.45) is 5.92 Å². The molecular formula is C30H33N3O2S2. The highest BCUT2D eigenvalue weighted by molar-refractivity contribution is 8.26. The van der Waals surface area contributed by atoms with Crippen molar-refractivity contribution in [2.75, 3.05) is 38.3 Å². The Morgan fingerprint density at radius 1 is 1.14 bits per heavy atom. The Bertz CT molecular complexity index is 1320. The number of aromatic nitrogens is 1. The smallest absolute Gasteiger partial charge is 0.266 e. The third-order valence-electron chi connectivity index (χ3n) is 7.23. The van der Waals surface area contributed by atoms with E-state index >= 15 is 0 Å². The fourth-order valence-corrected chi connectivity index (χ4v) is 6.51. The van der Waals surface area contributed by atoms with E-state index < -0.39 is 0 Å². The number of hydrogen-bond donors (Lipinski definition) is 0. The van der Waals surface area contributed by atoms with Crippen LogP contribution in [0.25, 0.3) is 17.0 Å². The summed E-state index contributed by atoms with van der Waals surface area (Å²) in [4.78, 5) is 23.1. The van der Waals surface area contributed by atoms with E-state index in [2.05, 4.69) is 66.4 Å². The van der Waals surface area contributed by atoms with E-state index in [-0.39, 0.29) is 5.91 Å². The van der Waals surface area contributed by atoms with Crippen LogP contribution in [-0.4, -0.2) is 53.5 Å². The van der Waals surface area contributed by atoms with Crippen molar-refractivity contribution in [2.45, 2.75) is 32.6 Å². The van der Waals surface area contributed by atoms with Crippen LogP contribution < -0.4 is 4.90 Å². The molecule has 0 saturated carbocycles. The van der Waals surface area contributed by atoms with Crippen molar-refractivity contribution in [3.63, 3.8) is 0 Å². The van der Waals surface area contributed by atoms with Crippen LogP contribution in [0.1, 0.15) is 36.0 Å². The summed E-state index contributed by atoms with van der Waals surface area (Å²) in [6, 6.07) is 19.2. The molecule has 2 aromatic carbocycles. The summed E-state index contributed by atoms with van der Waals surface area (Å²) in [6.07, 6.45) is 6.14. The van der Waals surface area contributed by atoms with Crippen molar-refractivity contribution in [1.29, 1.82) is 0 Å². The molecule has 2 aliphatic rings. The largest absolute Gasteiger partial charge is 0.385 e. The first-order valence-corrected chi connectivity index (χ1v) is 14.2. The number of hydrogen-bond acceptors (Lipinski definition) is 6. The van der Waals surface area contributed by atoms with Crippen LogP contribution in [0, 0.1) is 12.8 Å². The van der Waals surface area contributed by atoms with E-state index in [1.807, 2.05) is 6.08 Å². The molecule has 1 amide bonds. The van der Waals surface area contributed by atoms with E-state index in [0.29, 0.717) is 28.3 Å². The van der Waals surface area contributed by atoms with Crippen LogP contribution in [0.3, 0.4) is 0 Å². The van der Waals surface area contributed by atoms with Gasteiger partial charge in [-0.15, -0.1) is 0 Å². The van der Waals surface area contributed by atoms with Gasteiger partial charge in [0.15, 0.2) is 0 Å². The van der Waals surface area contributed by atoms with Gasteiger partial charge in [0.2, 0.25) is 0 Å². The lowest BCUT2D eigenvalue weighted by atomic mass is 9.90. The number of pyridine rings is 1. The molecule has 37 heavy (non-hydrogen) atoms. The van der Waals surface area contributed by atoms with Crippen molar-refractivity contribution in [3.8, 4) is 0 Å². The Morgan fingerprint density at radius 3 is 2.68 bits per heavy atom. The van der Waals surface area contributed by atoms with E-state index in [0.717, 1.165) is 66.6 Å². The molecule has 0 aliphatic carbocycles. The number of benzene rings is 2. The van der Waals surface area contributed by atoms with Gasteiger partial charge in [0, 0.05) is 44.3 Å². The summed E-state index contributed by atoms with van der Waals surface area (Å²) in [6.45, 7) is 5.21. The Morgan fingerprint density at radius 2 is 1.92 bits per heavy atom. The number of aryl methyl sites for hydroxylation is 1. The number of carbonyl (C=O) groups is 1. The molecule has 0 bridgehead atoms. The van der Waals surface area contributed by atoms with E-state index in [9.17, 15) is 4.79 Å². The van der Waals surface area contributed by atoms with Gasteiger partial charge in [0.25, 0.3) is 5.91 Å². The first-order valence-electron chi connectivity index (χ1n) is 13.0. The molecule has 1 aromatic heterocycles. The number of amides is 1. The van der Waals surface area contributed by atoms with E-state index in [1.54, 1.807) is 12.0 Å². The summed E-state index contributed by atoms with van der Waals surface area (Å²) >= 11 is 6.92. The Kier molecular flexibility index (Phi) is 8.23. The van der Waals surface area contributed by atoms with Gasteiger partial charge >= 0.3 is 0 Å². The fraction of sp³-hybridized carbons (Fsp3) is 0.367. The van der Waals surface area contributed by atoms with Crippen LogP contribution in [0.5, 0.6) is 0 Å². The molecule has 0 atom stereocenters. The Balaban J connectivity index is 1.41. The first kappa shape index (κ1) is 25.9. The highest BCUT2D eigenvalue weighted by Crippen LogP contribution is 2.36. The molecule has 0 spiro atoms. The second-order valence-corrected chi connectivity index (χ2v) is 11.5. The number of rotatable bonds is 8. The number of anilines is 1. The molecule has 5 nitrogen and oxygen atoms in total. The van der Waals surface area contributed by atoms with Gasteiger partial charge in [-0.2, -0.15) is 0 Å². The predicted molar refractivity (Wildman–Crippen MR) is 158 cm³/mol. The molecule has 5 rings (SSSR count). The van der Waals surface area contributed by atoms with Crippen molar-refractivity contribution < 1.29 is 9.53 Å². The monoisotopic (exact) mass is 531 g/mol. The number of thioether (sulfide) groups is 1. The zero-order valence-electron chi connectivity index (χ0n) is 21.5. The van der Waals surface area contributed by atoms with Crippen molar-refractivity contribution >= 4 is 57.0 Å². The van der Waals surface area contributed by atoms with E-state index in [4.69, 9.17) is 21.9 Å². The maximum atomic E-state index is 13.2. The number of piperidine rings is 1. The van der Waals surface area contributed by atoms with Gasteiger partial charge in [-0.1, -0.05) is 72.5 Å². The van der Waals surface area contributed by atoms with Crippen LogP contribution in [-0.2, 0) is 16.0 Å². The molecule has 2 aliphatic heterocycles. The quantitative estimate of drug-likeness (QED) is 0.195. The Labute approximate surface area is 228 Å². The number of nitrogens with zero attached hydrogens (tertiary/aromatic N) is 3. The lowest BCUT2D eigenvalue weighted by Gasteiger charge is -2.34. The number of para-hydroxylation sites is 1. The van der Waals surface area contributed by atoms with Crippen molar-refractivity contribution in [3.05, 3.63) is 76.2 Å². The van der Waals surface area contributed by atoms with Crippen molar-refractivity contribution in [1.82, 2.24) is 9.88 Å². The average molecular weight is 532 g/mol. The second kappa shape index (κ2) is 11.8. The molecule has 192 valence electrons. The SMILES string of the molecule is COCCCN1C(=O)/C(=C/c2cc3cccc(C)c3nc2N2CCC(Cc3ccccc3)CC2)SC1=S. The molecule has 7 heteroatoms. The summed E-state index contributed by atoms with van der Waals surface area (Å²) in [5, 5.41) is 1.09. The summed E-state index contributed by atoms with van der Waals surface area (Å²) in [5.74, 6) is 1.61. The first-order chi connectivity index (χ1) is 18.0. The molecular weight excluding hydrogens is 498 g/mol. The van der Waals surface area contributed by atoms with Crippen LogP contribution in [0.4, 0.5) is 5.82 Å². The fourth-order valence-electron chi connectivity index (χ4n) is 5.21. The normalized spacial score (nSPS) is 17.9. The number of carbonyl (C=O) groups excluding carboxylic acids is 1. The third-order valence-corrected chi connectivity index (χ3v) is 8.61. The zero-order valence-corrected chi connectivity index (χ0v) is 23.1. The van der Waals surface area contributed by atoms with Crippen LogP contribution in [0.2, 0.25) is 0 Å². The summed E-state index contributed by atoms with van der Waals surface area (Å²) in [7, 11) is 1.67. The predicted octanol–water partition coefficient (Wildman–Crippen LogP) is 6.24. The molecule has 0 unspecified atom stereocenters. The minimum Gasteiger partial charge on any atom is -0.385 e. The summed E-state index contributed by atoms with van der Waals surface area (Å²) < 4.78 is 5.76. The van der Waals surface area contributed by atoms with Crippen LogP contribution in [0.15, 0.2) is 59.5 Å².